The molecule has 15 heavy (non-hydrogen) atoms. The van der Waals surface area contributed by atoms with Gasteiger partial charge in [-0.3, -0.25) is 9.97 Å². The van der Waals surface area contributed by atoms with Crippen LogP contribution in [0.25, 0.3) is 21.8 Å². The van der Waals surface area contributed by atoms with Gasteiger partial charge in [-0.2, -0.15) is 0 Å². The first-order valence-corrected chi connectivity index (χ1v) is 4.53. The average molecular weight is 288 g/mol. The van der Waals surface area contributed by atoms with Gasteiger partial charge in [0.2, 0.25) is 0 Å². The van der Waals surface area contributed by atoms with E-state index in [2.05, 4.69) is 34.2 Å². The summed E-state index contributed by atoms with van der Waals surface area (Å²) in [5.74, 6) is 0. The third-order valence-corrected chi connectivity index (χ3v) is 2.34. The van der Waals surface area contributed by atoms with Crippen LogP contribution < -0.4 is 0 Å². The minimum Gasteiger partial charge on any atom is -0.254 e. The van der Waals surface area contributed by atoms with Crippen molar-refractivity contribution in [1.82, 2.24) is 9.97 Å². The number of benzene rings is 1. The van der Waals surface area contributed by atoms with Crippen molar-refractivity contribution in [1.29, 1.82) is 0 Å². The van der Waals surface area contributed by atoms with Gasteiger partial charge in [-0.1, -0.05) is 24.3 Å². The molecule has 0 saturated heterocycles. The SMILES string of the molecule is [Ag].c1cnc2c(c1)ccc1cccnc12. The Kier molecular flexibility index (Phi) is 2.82. The van der Waals surface area contributed by atoms with Gasteiger partial charge < -0.3 is 0 Å². The molecule has 0 unspecified atom stereocenters. The number of hydrogen-bond donors (Lipinski definition) is 0. The minimum absolute atomic E-state index is 0. The third kappa shape index (κ3) is 1.67. The van der Waals surface area contributed by atoms with Gasteiger partial charge in [-0.25, -0.2) is 0 Å². The van der Waals surface area contributed by atoms with E-state index in [1.165, 1.54) is 0 Å². The largest absolute Gasteiger partial charge is 0.254 e. The van der Waals surface area contributed by atoms with E-state index >= 15 is 0 Å². The van der Waals surface area contributed by atoms with Crippen LogP contribution >= 0.6 is 0 Å². The molecule has 2 nitrogen and oxygen atoms in total. The quantitative estimate of drug-likeness (QED) is 0.469. The molecule has 0 aliphatic rings. The standard InChI is InChI=1S/C12H8N2.Ag/c1-3-9-5-6-10-4-2-8-14-12(10)11(9)13-7-1;/h1-8H;. The van der Waals surface area contributed by atoms with Crippen LogP contribution in [0.15, 0.2) is 48.8 Å². The van der Waals surface area contributed by atoms with Crippen LogP contribution in [-0.4, -0.2) is 9.97 Å². The van der Waals surface area contributed by atoms with Crippen LogP contribution in [0.1, 0.15) is 0 Å². The molecular weight excluding hydrogens is 280 g/mol. The summed E-state index contributed by atoms with van der Waals surface area (Å²) in [5, 5.41) is 2.28. The Hall–Kier alpha value is -1.22. The van der Waals surface area contributed by atoms with E-state index in [1.807, 2.05) is 12.1 Å². The molecule has 0 amide bonds. The molecule has 0 atom stereocenters. The summed E-state index contributed by atoms with van der Waals surface area (Å²) >= 11 is 0. The molecule has 2 heterocycles. The zero-order valence-electron chi connectivity index (χ0n) is 7.81. The topological polar surface area (TPSA) is 25.8 Å². The molecular formula is C12H8AgN2. The number of fused-ring (bicyclic) bond motifs is 3. The normalized spacial score (nSPS) is 10.1. The van der Waals surface area contributed by atoms with E-state index in [1.54, 1.807) is 12.4 Å². The molecule has 0 aliphatic carbocycles. The van der Waals surface area contributed by atoms with E-state index in [0.29, 0.717) is 0 Å². The summed E-state index contributed by atoms with van der Waals surface area (Å²) in [6.07, 6.45) is 3.60. The Morgan fingerprint density at radius 2 is 1.13 bits per heavy atom. The van der Waals surface area contributed by atoms with Gasteiger partial charge in [0.05, 0.1) is 11.0 Å². The van der Waals surface area contributed by atoms with E-state index < -0.39 is 0 Å². The van der Waals surface area contributed by atoms with Crippen molar-refractivity contribution >= 4 is 21.8 Å². The van der Waals surface area contributed by atoms with Crippen LogP contribution in [0.5, 0.6) is 0 Å². The molecule has 1 aromatic carbocycles. The van der Waals surface area contributed by atoms with Crippen molar-refractivity contribution in [3.8, 4) is 0 Å². The van der Waals surface area contributed by atoms with Crippen molar-refractivity contribution < 1.29 is 22.4 Å². The van der Waals surface area contributed by atoms with Crippen molar-refractivity contribution in [2.24, 2.45) is 0 Å². The molecule has 3 rings (SSSR count). The van der Waals surface area contributed by atoms with Crippen LogP contribution in [-0.2, 0) is 22.4 Å². The Morgan fingerprint density at radius 3 is 1.60 bits per heavy atom. The first-order valence-electron chi connectivity index (χ1n) is 4.53. The van der Waals surface area contributed by atoms with Gasteiger partial charge in [0.15, 0.2) is 0 Å². The maximum Gasteiger partial charge on any atom is 0.0964 e. The smallest absolute Gasteiger partial charge is 0.0964 e. The van der Waals surface area contributed by atoms with Gasteiger partial charge in [0, 0.05) is 45.5 Å². The molecule has 77 valence electrons. The fourth-order valence-electron chi connectivity index (χ4n) is 1.68. The van der Waals surface area contributed by atoms with Gasteiger partial charge in [-0.15, -0.1) is 0 Å². The second-order valence-electron chi connectivity index (χ2n) is 3.22. The summed E-state index contributed by atoms with van der Waals surface area (Å²) < 4.78 is 0. The number of hydrogen-bond acceptors (Lipinski definition) is 2. The molecule has 0 aliphatic heterocycles. The Balaban J connectivity index is 0.000000853. The molecule has 0 fully saturated rings. The van der Waals surface area contributed by atoms with Gasteiger partial charge >= 0.3 is 0 Å². The molecule has 0 N–H and O–H groups in total. The second-order valence-corrected chi connectivity index (χ2v) is 3.22. The Bertz CT molecular complexity index is 553. The summed E-state index contributed by atoms with van der Waals surface area (Å²) in [6.45, 7) is 0. The molecule has 1 radical (unpaired) electrons. The average Bonchev–Trinajstić information content (AvgIpc) is 2.29. The minimum atomic E-state index is 0. The second kappa shape index (κ2) is 4.11. The fraction of sp³-hybridized carbons (Fsp3) is 0. The van der Waals surface area contributed by atoms with Crippen LogP contribution in [0.3, 0.4) is 0 Å². The third-order valence-electron chi connectivity index (χ3n) is 2.34. The Morgan fingerprint density at radius 1 is 0.667 bits per heavy atom. The summed E-state index contributed by atoms with van der Waals surface area (Å²) in [5.41, 5.74) is 1.95. The number of aromatic nitrogens is 2. The predicted octanol–water partition coefficient (Wildman–Crippen LogP) is 2.78. The number of pyridine rings is 2. The summed E-state index contributed by atoms with van der Waals surface area (Å²) in [6, 6.07) is 12.1. The van der Waals surface area contributed by atoms with Crippen LogP contribution in [0.2, 0.25) is 0 Å². The molecule has 0 bridgehead atoms. The van der Waals surface area contributed by atoms with Crippen molar-refractivity contribution in [3.63, 3.8) is 0 Å². The van der Waals surface area contributed by atoms with Crippen molar-refractivity contribution in [3.05, 3.63) is 48.8 Å². The molecule has 3 aromatic rings. The summed E-state index contributed by atoms with van der Waals surface area (Å²) in [7, 11) is 0. The van der Waals surface area contributed by atoms with Crippen LogP contribution in [0, 0.1) is 0 Å². The van der Waals surface area contributed by atoms with Gasteiger partial charge in [-0.05, 0) is 12.1 Å². The van der Waals surface area contributed by atoms with E-state index in [9.17, 15) is 0 Å². The van der Waals surface area contributed by atoms with E-state index in [4.69, 9.17) is 0 Å². The monoisotopic (exact) mass is 287 g/mol. The molecule has 3 heteroatoms. The fourth-order valence-corrected chi connectivity index (χ4v) is 1.68. The zero-order valence-corrected chi connectivity index (χ0v) is 9.30. The molecule has 2 aromatic heterocycles. The van der Waals surface area contributed by atoms with E-state index in [-0.39, 0.29) is 22.4 Å². The maximum absolute atomic E-state index is 4.35. The van der Waals surface area contributed by atoms with Gasteiger partial charge in [0.1, 0.15) is 0 Å². The predicted molar refractivity (Wildman–Crippen MR) is 57.0 cm³/mol. The first kappa shape index (κ1) is 10.3. The first-order chi connectivity index (χ1) is 6.95. The molecule has 0 spiro atoms. The van der Waals surface area contributed by atoms with Crippen LogP contribution in [0.4, 0.5) is 0 Å². The molecule has 0 saturated carbocycles. The maximum atomic E-state index is 4.35. The Labute approximate surface area is 103 Å². The van der Waals surface area contributed by atoms with Crippen molar-refractivity contribution in [2.45, 2.75) is 0 Å². The zero-order chi connectivity index (χ0) is 9.38. The van der Waals surface area contributed by atoms with E-state index in [0.717, 1.165) is 21.8 Å². The number of rotatable bonds is 0. The van der Waals surface area contributed by atoms with Crippen molar-refractivity contribution in [2.75, 3.05) is 0 Å². The summed E-state index contributed by atoms with van der Waals surface area (Å²) in [4.78, 5) is 8.69. The van der Waals surface area contributed by atoms with Gasteiger partial charge in [0.25, 0.3) is 0 Å². The number of nitrogens with zero attached hydrogens (tertiary/aromatic N) is 2.